The van der Waals surface area contributed by atoms with Crippen LogP contribution in [0.3, 0.4) is 0 Å². The summed E-state index contributed by atoms with van der Waals surface area (Å²) in [5.41, 5.74) is 0.684. The minimum Gasteiger partial charge on any atom is -0.439 e. The second kappa shape index (κ2) is 5.63. The van der Waals surface area contributed by atoms with Crippen molar-refractivity contribution in [3.63, 3.8) is 0 Å². The van der Waals surface area contributed by atoms with E-state index in [9.17, 15) is 14.4 Å². The Labute approximate surface area is 138 Å². The van der Waals surface area contributed by atoms with Gasteiger partial charge in [0.1, 0.15) is 0 Å². The van der Waals surface area contributed by atoms with Gasteiger partial charge < -0.3 is 9.64 Å². The van der Waals surface area contributed by atoms with Crippen LogP contribution in [-0.4, -0.2) is 53.9 Å². The zero-order valence-electron chi connectivity index (χ0n) is 13.0. The zero-order valence-corrected chi connectivity index (χ0v) is 13.0. The number of nitrogens with zero attached hydrogens (tertiary/aromatic N) is 2. The summed E-state index contributed by atoms with van der Waals surface area (Å²) in [6.07, 6.45) is -0.584. The topological polar surface area (TPSA) is 66.9 Å². The number of fused-ring (bicyclic) bond motifs is 1. The van der Waals surface area contributed by atoms with Crippen molar-refractivity contribution in [2.75, 3.05) is 26.2 Å². The molecular formula is C18H16N2O4. The van der Waals surface area contributed by atoms with Crippen molar-refractivity contribution in [1.82, 2.24) is 9.80 Å². The molecule has 0 saturated carbocycles. The van der Waals surface area contributed by atoms with Crippen LogP contribution in [0.4, 0.5) is 4.79 Å². The number of ether oxygens (including phenoxy) is 1. The number of likely N-dealkylation sites (tertiary alicyclic amines) is 1. The van der Waals surface area contributed by atoms with Gasteiger partial charge in [-0.05, 0) is 16.8 Å². The predicted octanol–water partition coefficient (Wildman–Crippen LogP) is 1.89. The molecule has 0 aromatic heterocycles. The van der Waals surface area contributed by atoms with Gasteiger partial charge in [-0.25, -0.2) is 9.69 Å². The molecule has 2 aliphatic heterocycles. The minimum atomic E-state index is -0.584. The number of imide groups is 1. The first-order valence-electron chi connectivity index (χ1n) is 7.87. The van der Waals surface area contributed by atoms with Crippen LogP contribution in [0.25, 0.3) is 10.8 Å². The number of carbonyl (C=O) groups is 3. The molecule has 122 valence electrons. The highest BCUT2D eigenvalue weighted by Crippen LogP contribution is 2.25. The SMILES string of the molecule is O=C(c1cccc2ccccc12)N1CC(CN2C(=O)COC2=O)C1. The minimum absolute atomic E-state index is 0.0154. The van der Waals surface area contributed by atoms with E-state index in [-0.39, 0.29) is 24.3 Å². The number of hydrogen-bond acceptors (Lipinski definition) is 4. The Kier molecular flexibility index (Phi) is 3.45. The lowest BCUT2D eigenvalue weighted by Crippen LogP contribution is -2.54. The molecule has 0 bridgehead atoms. The molecule has 4 rings (SSSR count). The molecule has 0 aliphatic carbocycles. The molecule has 0 spiro atoms. The summed E-state index contributed by atoms with van der Waals surface area (Å²) in [5.74, 6) is -0.212. The van der Waals surface area contributed by atoms with Gasteiger partial charge in [0, 0.05) is 31.1 Å². The molecule has 0 unspecified atom stereocenters. The van der Waals surface area contributed by atoms with Crippen LogP contribution < -0.4 is 0 Å². The monoisotopic (exact) mass is 324 g/mol. The van der Waals surface area contributed by atoms with Gasteiger partial charge in [0.15, 0.2) is 6.61 Å². The van der Waals surface area contributed by atoms with Crippen molar-refractivity contribution in [3.05, 3.63) is 48.0 Å². The fourth-order valence-electron chi connectivity index (χ4n) is 3.25. The number of carbonyl (C=O) groups excluding carboxylic acids is 3. The number of cyclic esters (lactones) is 1. The van der Waals surface area contributed by atoms with Crippen molar-refractivity contribution < 1.29 is 19.1 Å². The van der Waals surface area contributed by atoms with Gasteiger partial charge in [0.05, 0.1) is 0 Å². The molecule has 2 aliphatic rings. The highest BCUT2D eigenvalue weighted by atomic mass is 16.6. The normalized spacial score (nSPS) is 18.0. The number of benzene rings is 2. The largest absolute Gasteiger partial charge is 0.439 e. The smallest absolute Gasteiger partial charge is 0.417 e. The maximum absolute atomic E-state index is 12.7. The second-order valence-electron chi connectivity index (χ2n) is 6.16. The molecule has 2 heterocycles. The number of amides is 3. The summed E-state index contributed by atoms with van der Waals surface area (Å²) in [4.78, 5) is 38.6. The average molecular weight is 324 g/mol. The highest BCUT2D eigenvalue weighted by molar-refractivity contribution is 6.07. The summed E-state index contributed by atoms with van der Waals surface area (Å²) in [7, 11) is 0. The van der Waals surface area contributed by atoms with Crippen molar-refractivity contribution in [2.45, 2.75) is 0 Å². The van der Waals surface area contributed by atoms with Gasteiger partial charge in [-0.1, -0.05) is 36.4 Å². The van der Waals surface area contributed by atoms with Crippen molar-refractivity contribution >= 4 is 28.7 Å². The van der Waals surface area contributed by atoms with Crippen LogP contribution in [0.1, 0.15) is 10.4 Å². The van der Waals surface area contributed by atoms with E-state index in [4.69, 9.17) is 4.74 Å². The maximum Gasteiger partial charge on any atom is 0.417 e. The molecular weight excluding hydrogens is 308 g/mol. The summed E-state index contributed by atoms with van der Waals surface area (Å²) in [5, 5.41) is 1.97. The lowest BCUT2D eigenvalue weighted by molar-refractivity contribution is -0.126. The molecule has 2 fully saturated rings. The van der Waals surface area contributed by atoms with Crippen LogP contribution in [0, 0.1) is 5.92 Å². The maximum atomic E-state index is 12.7. The summed E-state index contributed by atoms with van der Waals surface area (Å²) in [6, 6.07) is 13.5. The van der Waals surface area contributed by atoms with Crippen LogP contribution in [-0.2, 0) is 9.53 Å². The van der Waals surface area contributed by atoms with Crippen LogP contribution >= 0.6 is 0 Å². The third kappa shape index (κ3) is 2.40. The van der Waals surface area contributed by atoms with E-state index in [1.54, 1.807) is 4.90 Å². The van der Waals surface area contributed by atoms with Crippen molar-refractivity contribution in [1.29, 1.82) is 0 Å². The molecule has 2 aromatic carbocycles. The molecule has 2 saturated heterocycles. The first kappa shape index (κ1) is 14.7. The van der Waals surface area contributed by atoms with E-state index in [0.717, 1.165) is 15.7 Å². The lowest BCUT2D eigenvalue weighted by atomic mass is 9.96. The third-order valence-corrected chi connectivity index (χ3v) is 4.55. The fraction of sp³-hybridized carbons (Fsp3) is 0.278. The fourth-order valence-corrected chi connectivity index (χ4v) is 3.25. The Bertz CT molecular complexity index is 821. The van der Waals surface area contributed by atoms with E-state index >= 15 is 0 Å². The molecule has 24 heavy (non-hydrogen) atoms. The van der Waals surface area contributed by atoms with Gasteiger partial charge in [0.25, 0.3) is 11.8 Å². The Morgan fingerprint density at radius 2 is 1.83 bits per heavy atom. The molecule has 3 amide bonds. The molecule has 6 nitrogen and oxygen atoms in total. The van der Waals surface area contributed by atoms with Crippen LogP contribution in [0.15, 0.2) is 42.5 Å². The van der Waals surface area contributed by atoms with E-state index in [2.05, 4.69) is 0 Å². The zero-order chi connectivity index (χ0) is 16.7. The number of hydrogen-bond donors (Lipinski definition) is 0. The molecule has 2 aromatic rings. The molecule has 0 atom stereocenters. The first-order valence-corrected chi connectivity index (χ1v) is 7.87. The Balaban J connectivity index is 1.44. The van der Waals surface area contributed by atoms with Crippen LogP contribution in [0.5, 0.6) is 0 Å². The van der Waals surface area contributed by atoms with Gasteiger partial charge in [-0.2, -0.15) is 0 Å². The summed E-state index contributed by atoms with van der Waals surface area (Å²) < 4.78 is 4.70. The molecule has 0 radical (unpaired) electrons. The van der Waals surface area contributed by atoms with Crippen LogP contribution in [0.2, 0.25) is 0 Å². The Hall–Kier alpha value is -2.89. The quantitative estimate of drug-likeness (QED) is 0.865. The van der Waals surface area contributed by atoms with E-state index in [1.807, 2.05) is 42.5 Å². The lowest BCUT2D eigenvalue weighted by Gasteiger charge is -2.40. The average Bonchev–Trinajstić information content (AvgIpc) is 2.88. The summed E-state index contributed by atoms with van der Waals surface area (Å²) >= 11 is 0. The van der Waals surface area contributed by atoms with Crippen molar-refractivity contribution in [2.24, 2.45) is 5.92 Å². The molecule has 6 heteroatoms. The first-order chi connectivity index (χ1) is 11.6. The number of rotatable bonds is 3. The van der Waals surface area contributed by atoms with E-state index in [1.165, 1.54) is 0 Å². The van der Waals surface area contributed by atoms with Gasteiger partial charge in [-0.3, -0.25) is 9.59 Å². The highest BCUT2D eigenvalue weighted by Gasteiger charge is 2.38. The Morgan fingerprint density at radius 1 is 1.08 bits per heavy atom. The third-order valence-electron chi connectivity index (χ3n) is 4.55. The Morgan fingerprint density at radius 3 is 2.58 bits per heavy atom. The standard InChI is InChI=1S/C18H16N2O4/c21-16-11-24-18(23)20(16)10-12-8-19(9-12)17(22)15-7-3-5-13-4-1-2-6-14(13)15/h1-7,12H,8-11H2. The van der Waals surface area contributed by atoms with Gasteiger partial charge >= 0.3 is 6.09 Å². The van der Waals surface area contributed by atoms with E-state index < -0.39 is 6.09 Å². The predicted molar refractivity (Wildman–Crippen MR) is 86.4 cm³/mol. The second-order valence-corrected chi connectivity index (χ2v) is 6.16. The van der Waals surface area contributed by atoms with Crippen molar-refractivity contribution in [3.8, 4) is 0 Å². The van der Waals surface area contributed by atoms with E-state index in [0.29, 0.717) is 25.2 Å². The summed E-state index contributed by atoms with van der Waals surface area (Å²) in [6.45, 7) is 1.22. The molecule has 0 N–H and O–H groups in total. The van der Waals surface area contributed by atoms with Gasteiger partial charge in [-0.15, -0.1) is 0 Å². The van der Waals surface area contributed by atoms with Gasteiger partial charge in [0.2, 0.25) is 0 Å².